The van der Waals surface area contributed by atoms with Crippen LogP contribution in [0.1, 0.15) is 22.8 Å². The Balaban J connectivity index is 3.17. The number of alkyl halides is 3. The second-order valence-corrected chi connectivity index (χ2v) is 3.36. The van der Waals surface area contributed by atoms with Crippen LogP contribution in [-0.4, -0.2) is 23.9 Å². The molecule has 0 saturated heterocycles. The van der Waals surface area contributed by atoms with Crippen molar-refractivity contribution in [2.45, 2.75) is 19.8 Å². The van der Waals surface area contributed by atoms with Crippen LogP contribution in [0.3, 0.4) is 0 Å². The van der Waals surface area contributed by atoms with Gasteiger partial charge in [0.15, 0.2) is 0 Å². The van der Waals surface area contributed by atoms with Crippen molar-refractivity contribution in [3.63, 3.8) is 0 Å². The lowest BCUT2D eigenvalue weighted by molar-refractivity contribution is -0.276. The molecule has 1 aromatic rings. The van der Waals surface area contributed by atoms with Crippen LogP contribution in [-0.2, 0) is 11.3 Å². The number of hydrogen-bond donors (Lipinski definition) is 2. The molecular formula is C10H12F3N3O3. The quantitative estimate of drug-likeness (QED) is 0.803. The van der Waals surface area contributed by atoms with Crippen LogP contribution >= 0.6 is 0 Å². The van der Waals surface area contributed by atoms with Crippen LogP contribution in [0, 0.1) is 0 Å². The average molecular weight is 279 g/mol. The molecule has 9 heteroatoms. The summed E-state index contributed by atoms with van der Waals surface area (Å²) in [6, 6.07) is 1.07. The first-order chi connectivity index (χ1) is 8.78. The second-order valence-electron chi connectivity index (χ2n) is 3.36. The Hall–Kier alpha value is -2.03. The van der Waals surface area contributed by atoms with E-state index < -0.39 is 24.0 Å². The molecule has 6 nitrogen and oxygen atoms in total. The van der Waals surface area contributed by atoms with Gasteiger partial charge in [-0.2, -0.15) is 4.98 Å². The predicted octanol–water partition coefficient (Wildman–Crippen LogP) is 1.20. The number of carbonyl (C=O) groups is 1. The molecule has 0 aliphatic carbocycles. The maximum absolute atomic E-state index is 12.1. The van der Waals surface area contributed by atoms with Crippen LogP contribution in [0.4, 0.5) is 19.0 Å². The molecule has 0 aliphatic heterocycles. The molecule has 0 bridgehead atoms. The summed E-state index contributed by atoms with van der Waals surface area (Å²) in [5.41, 5.74) is 10.4. The fraction of sp³-hybridized carbons (Fsp3) is 0.400. The lowest BCUT2D eigenvalue weighted by atomic mass is 10.2. The van der Waals surface area contributed by atoms with Crippen molar-refractivity contribution in [2.24, 2.45) is 5.73 Å². The SMILES string of the molecule is CCOC(=O)c1cc(CN)c(OC(F)(F)F)nc1N. The zero-order valence-electron chi connectivity index (χ0n) is 9.95. The molecule has 0 aliphatic rings. The standard InChI is InChI=1S/C10H12F3N3O3/c1-2-18-9(17)6-3-5(4-14)8(16-7(6)15)19-10(11,12)13/h3H,2,4,14H2,1H3,(H2,15,16). The molecule has 0 aromatic carbocycles. The number of nitrogens with two attached hydrogens (primary N) is 2. The molecule has 0 spiro atoms. The number of nitrogen functional groups attached to an aromatic ring is 1. The van der Waals surface area contributed by atoms with Crippen molar-refractivity contribution in [3.8, 4) is 5.88 Å². The van der Waals surface area contributed by atoms with Gasteiger partial charge in [0.05, 0.1) is 6.61 Å². The minimum atomic E-state index is -4.92. The van der Waals surface area contributed by atoms with E-state index >= 15 is 0 Å². The van der Waals surface area contributed by atoms with E-state index in [1.165, 1.54) is 0 Å². The van der Waals surface area contributed by atoms with E-state index in [4.69, 9.17) is 11.5 Å². The molecule has 106 valence electrons. The van der Waals surface area contributed by atoms with Gasteiger partial charge < -0.3 is 20.9 Å². The normalized spacial score (nSPS) is 11.2. The molecule has 0 atom stereocenters. The first kappa shape index (κ1) is 15.0. The Bertz CT molecular complexity index is 477. The predicted molar refractivity (Wildman–Crippen MR) is 59.2 cm³/mol. The third-order valence-electron chi connectivity index (χ3n) is 2.02. The Labute approximate surface area is 106 Å². The van der Waals surface area contributed by atoms with E-state index in [9.17, 15) is 18.0 Å². The van der Waals surface area contributed by atoms with E-state index in [0.29, 0.717) is 0 Å². The van der Waals surface area contributed by atoms with Gasteiger partial charge >= 0.3 is 12.3 Å². The minimum Gasteiger partial charge on any atom is -0.462 e. The Morgan fingerprint density at radius 3 is 2.58 bits per heavy atom. The number of aromatic nitrogens is 1. The summed E-state index contributed by atoms with van der Waals surface area (Å²) in [5, 5.41) is 0. The fourth-order valence-corrected chi connectivity index (χ4v) is 1.27. The van der Waals surface area contributed by atoms with Gasteiger partial charge in [0, 0.05) is 12.1 Å². The molecule has 19 heavy (non-hydrogen) atoms. The molecule has 1 rings (SSSR count). The topological polar surface area (TPSA) is 100 Å². The number of carbonyl (C=O) groups excluding carboxylic acids is 1. The number of pyridine rings is 1. The van der Waals surface area contributed by atoms with Gasteiger partial charge in [-0.05, 0) is 13.0 Å². The smallest absolute Gasteiger partial charge is 0.462 e. The number of esters is 1. The lowest BCUT2D eigenvalue weighted by Crippen LogP contribution is -2.21. The summed E-state index contributed by atoms with van der Waals surface area (Å²) < 4.78 is 44.8. The maximum atomic E-state index is 12.1. The molecule has 4 N–H and O–H groups in total. The first-order valence-electron chi connectivity index (χ1n) is 5.20. The first-order valence-corrected chi connectivity index (χ1v) is 5.20. The molecule has 0 radical (unpaired) electrons. The number of anilines is 1. The molecule has 0 saturated carbocycles. The van der Waals surface area contributed by atoms with Gasteiger partial charge in [0.25, 0.3) is 0 Å². The Morgan fingerprint density at radius 1 is 1.47 bits per heavy atom. The third kappa shape index (κ3) is 3.98. The van der Waals surface area contributed by atoms with E-state index in [2.05, 4.69) is 14.5 Å². The summed E-state index contributed by atoms with van der Waals surface area (Å²) in [4.78, 5) is 14.9. The highest BCUT2D eigenvalue weighted by atomic mass is 19.4. The highest BCUT2D eigenvalue weighted by Crippen LogP contribution is 2.27. The molecule has 1 aromatic heterocycles. The van der Waals surface area contributed by atoms with E-state index in [1.807, 2.05) is 0 Å². The largest absolute Gasteiger partial charge is 0.574 e. The van der Waals surface area contributed by atoms with Crippen molar-refractivity contribution in [1.29, 1.82) is 0 Å². The summed E-state index contributed by atoms with van der Waals surface area (Å²) in [5.74, 6) is -1.99. The van der Waals surface area contributed by atoms with E-state index in [1.54, 1.807) is 6.92 Å². The zero-order chi connectivity index (χ0) is 14.6. The molecule has 0 amide bonds. The van der Waals surface area contributed by atoms with Gasteiger partial charge in [0.2, 0.25) is 5.88 Å². The third-order valence-corrected chi connectivity index (χ3v) is 2.02. The van der Waals surface area contributed by atoms with Crippen molar-refractivity contribution >= 4 is 11.8 Å². The van der Waals surface area contributed by atoms with Crippen LogP contribution in [0.2, 0.25) is 0 Å². The lowest BCUT2D eigenvalue weighted by Gasteiger charge is -2.13. The number of halogens is 3. The van der Waals surface area contributed by atoms with E-state index in [0.717, 1.165) is 6.07 Å². The molecular weight excluding hydrogens is 267 g/mol. The van der Waals surface area contributed by atoms with Gasteiger partial charge in [0.1, 0.15) is 11.4 Å². The van der Waals surface area contributed by atoms with Crippen molar-refractivity contribution in [3.05, 3.63) is 17.2 Å². The van der Waals surface area contributed by atoms with Crippen LogP contribution < -0.4 is 16.2 Å². The highest BCUT2D eigenvalue weighted by molar-refractivity contribution is 5.94. The second kappa shape index (κ2) is 5.74. The molecule has 0 unspecified atom stereocenters. The van der Waals surface area contributed by atoms with Gasteiger partial charge in [-0.25, -0.2) is 4.79 Å². The minimum absolute atomic E-state index is 0.0943. The van der Waals surface area contributed by atoms with Gasteiger partial charge in [-0.3, -0.25) is 0 Å². The number of hydrogen-bond acceptors (Lipinski definition) is 6. The number of ether oxygens (including phenoxy) is 2. The summed E-state index contributed by atoms with van der Waals surface area (Å²) in [7, 11) is 0. The van der Waals surface area contributed by atoms with Crippen molar-refractivity contribution in [1.82, 2.24) is 4.98 Å². The summed E-state index contributed by atoms with van der Waals surface area (Å²) >= 11 is 0. The van der Waals surface area contributed by atoms with Crippen molar-refractivity contribution < 1.29 is 27.4 Å². The molecule has 1 heterocycles. The Kier molecular flexibility index (Phi) is 4.54. The van der Waals surface area contributed by atoms with E-state index in [-0.39, 0.29) is 24.3 Å². The molecule has 0 fully saturated rings. The zero-order valence-corrected chi connectivity index (χ0v) is 9.95. The monoisotopic (exact) mass is 279 g/mol. The Morgan fingerprint density at radius 2 is 2.11 bits per heavy atom. The summed E-state index contributed by atoms with van der Waals surface area (Å²) in [6.45, 7) is 1.37. The average Bonchev–Trinajstić information content (AvgIpc) is 2.27. The maximum Gasteiger partial charge on any atom is 0.574 e. The van der Waals surface area contributed by atoms with Gasteiger partial charge in [-0.15, -0.1) is 13.2 Å². The van der Waals surface area contributed by atoms with Crippen LogP contribution in [0.15, 0.2) is 6.07 Å². The highest BCUT2D eigenvalue weighted by Gasteiger charge is 2.33. The van der Waals surface area contributed by atoms with Crippen LogP contribution in [0.25, 0.3) is 0 Å². The van der Waals surface area contributed by atoms with Gasteiger partial charge in [-0.1, -0.05) is 0 Å². The number of nitrogens with zero attached hydrogens (tertiary/aromatic N) is 1. The summed E-state index contributed by atoms with van der Waals surface area (Å²) in [6.07, 6.45) is -4.92. The van der Waals surface area contributed by atoms with Crippen LogP contribution in [0.5, 0.6) is 5.88 Å². The number of rotatable bonds is 4. The van der Waals surface area contributed by atoms with Crippen molar-refractivity contribution in [2.75, 3.05) is 12.3 Å². The fourth-order valence-electron chi connectivity index (χ4n) is 1.27.